The molecule has 0 heterocycles. The summed E-state index contributed by atoms with van der Waals surface area (Å²) in [6.45, 7) is 0. The van der Waals surface area contributed by atoms with E-state index in [9.17, 15) is 27.9 Å². The van der Waals surface area contributed by atoms with E-state index in [-0.39, 0.29) is 5.69 Å². The lowest BCUT2D eigenvalue weighted by atomic mass is 9.98. The zero-order valence-electron chi connectivity index (χ0n) is 10.9. The van der Waals surface area contributed by atoms with Gasteiger partial charge in [0, 0.05) is 4.47 Å². The number of benzene rings is 1. The van der Waals surface area contributed by atoms with E-state index in [1.165, 1.54) is 18.2 Å². The largest absolute Gasteiger partial charge is 0.467 e. The van der Waals surface area contributed by atoms with Crippen LogP contribution < -0.4 is 5.32 Å². The Morgan fingerprint density at radius 3 is 2.36 bits per heavy atom. The molecule has 0 aliphatic heterocycles. The van der Waals surface area contributed by atoms with Crippen molar-refractivity contribution in [1.29, 1.82) is 0 Å². The Hall–Kier alpha value is -1.32. The van der Waals surface area contributed by atoms with Crippen LogP contribution in [0.1, 0.15) is 0 Å². The number of rotatable bonds is 4. The molecule has 0 radical (unpaired) electrons. The maximum atomic E-state index is 12.9. The first-order valence-electron chi connectivity index (χ1n) is 5.62. The van der Waals surface area contributed by atoms with Gasteiger partial charge in [-0.25, -0.2) is 4.79 Å². The number of anilines is 1. The van der Waals surface area contributed by atoms with Crippen LogP contribution in [0.2, 0.25) is 0 Å². The number of nitrogens with one attached hydrogen (secondary N) is 1. The number of amides is 1. The SMILES string of the molecule is COC(=O)C(O)(C(Cl)C(=O)Nc1ccccc1Br)C(F)(F)F. The molecular formula is C12H10BrClF3NO4. The van der Waals surface area contributed by atoms with Gasteiger partial charge in [0.05, 0.1) is 12.8 Å². The van der Waals surface area contributed by atoms with Crippen LogP contribution >= 0.6 is 27.5 Å². The third kappa shape index (κ3) is 3.53. The number of alkyl halides is 4. The second-order valence-electron chi connectivity index (χ2n) is 4.09. The molecule has 0 saturated heterocycles. The lowest BCUT2D eigenvalue weighted by Gasteiger charge is -2.30. The standard InChI is InChI=1S/C12H10BrClF3NO4/c1-22-10(20)11(21,12(15,16)17)8(14)9(19)18-7-5-3-2-4-6(7)13/h2-5,8,21H,1H3,(H,18,19). The second-order valence-corrected chi connectivity index (χ2v) is 5.38. The van der Waals surface area contributed by atoms with Crippen LogP contribution in [0.25, 0.3) is 0 Å². The third-order valence-corrected chi connectivity index (χ3v) is 3.86. The molecule has 1 aromatic carbocycles. The molecule has 22 heavy (non-hydrogen) atoms. The molecular weight excluding hydrogens is 394 g/mol. The molecule has 0 spiro atoms. The van der Waals surface area contributed by atoms with Gasteiger partial charge in [-0.1, -0.05) is 12.1 Å². The van der Waals surface area contributed by atoms with Crippen molar-refractivity contribution in [3.63, 3.8) is 0 Å². The van der Waals surface area contributed by atoms with Gasteiger partial charge in [0.2, 0.25) is 5.91 Å². The predicted octanol–water partition coefficient (Wildman–Crippen LogP) is 2.46. The minimum atomic E-state index is -5.50. The van der Waals surface area contributed by atoms with Crippen LogP contribution in [0.4, 0.5) is 18.9 Å². The lowest BCUT2D eigenvalue weighted by Crippen LogP contribution is -2.62. The van der Waals surface area contributed by atoms with Crippen molar-refractivity contribution in [3.05, 3.63) is 28.7 Å². The number of methoxy groups -OCH3 is 1. The zero-order chi connectivity index (χ0) is 17.1. The van der Waals surface area contributed by atoms with Crippen molar-refractivity contribution in [2.75, 3.05) is 12.4 Å². The molecule has 0 bridgehead atoms. The molecule has 2 N–H and O–H groups in total. The summed E-state index contributed by atoms with van der Waals surface area (Å²) in [5.41, 5.74) is -4.05. The maximum Gasteiger partial charge on any atom is 0.430 e. The summed E-state index contributed by atoms with van der Waals surface area (Å²) in [5, 5.41) is 9.03. The molecule has 0 fully saturated rings. The molecule has 1 rings (SSSR count). The Morgan fingerprint density at radius 2 is 1.91 bits per heavy atom. The first-order chi connectivity index (χ1) is 10.1. The van der Waals surface area contributed by atoms with Gasteiger partial charge in [-0.05, 0) is 28.1 Å². The molecule has 0 aliphatic rings. The van der Waals surface area contributed by atoms with E-state index in [1.54, 1.807) is 6.07 Å². The number of hydrogen-bond donors (Lipinski definition) is 2. The van der Waals surface area contributed by atoms with Gasteiger partial charge in [-0.3, -0.25) is 4.79 Å². The van der Waals surface area contributed by atoms with E-state index >= 15 is 0 Å². The minimum absolute atomic E-state index is 0.118. The number of aliphatic hydroxyl groups is 1. The number of ether oxygens (including phenoxy) is 1. The van der Waals surface area contributed by atoms with E-state index in [0.29, 0.717) is 11.6 Å². The zero-order valence-corrected chi connectivity index (χ0v) is 13.3. The Balaban J connectivity index is 3.10. The van der Waals surface area contributed by atoms with Gasteiger partial charge in [0.1, 0.15) is 0 Å². The average Bonchev–Trinajstić information content (AvgIpc) is 2.45. The summed E-state index contributed by atoms with van der Waals surface area (Å²) in [7, 11) is 0.633. The summed E-state index contributed by atoms with van der Waals surface area (Å²) in [4.78, 5) is 23.1. The summed E-state index contributed by atoms with van der Waals surface area (Å²) in [6.07, 6.45) is -5.50. The Bertz CT molecular complexity index is 584. The van der Waals surface area contributed by atoms with E-state index in [4.69, 9.17) is 11.6 Å². The number of esters is 1. The molecule has 2 unspecified atom stereocenters. The van der Waals surface area contributed by atoms with Gasteiger partial charge in [-0.15, -0.1) is 11.6 Å². The topological polar surface area (TPSA) is 75.6 Å². The molecule has 0 aliphatic carbocycles. The molecule has 2 atom stereocenters. The monoisotopic (exact) mass is 403 g/mol. The fourth-order valence-corrected chi connectivity index (χ4v) is 2.12. The smallest absolute Gasteiger partial charge is 0.430 e. The molecule has 0 aromatic heterocycles. The highest BCUT2D eigenvalue weighted by Crippen LogP contribution is 2.37. The molecule has 122 valence electrons. The average molecular weight is 405 g/mol. The first-order valence-corrected chi connectivity index (χ1v) is 6.85. The highest BCUT2D eigenvalue weighted by molar-refractivity contribution is 9.10. The van der Waals surface area contributed by atoms with Crippen LogP contribution in [0.5, 0.6) is 0 Å². The van der Waals surface area contributed by atoms with E-state index in [2.05, 4.69) is 26.0 Å². The van der Waals surface area contributed by atoms with Crippen molar-refractivity contribution >= 4 is 45.1 Å². The number of para-hydroxylation sites is 1. The quantitative estimate of drug-likeness (QED) is 0.597. The number of carbonyl (C=O) groups is 2. The first kappa shape index (κ1) is 18.7. The van der Waals surface area contributed by atoms with Crippen molar-refractivity contribution < 1.29 is 32.6 Å². The van der Waals surface area contributed by atoms with Crippen LogP contribution in [0.15, 0.2) is 28.7 Å². The van der Waals surface area contributed by atoms with Gasteiger partial charge in [0.15, 0.2) is 5.38 Å². The van der Waals surface area contributed by atoms with E-state index in [0.717, 1.165) is 0 Å². The number of hydrogen-bond acceptors (Lipinski definition) is 4. The van der Waals surface area contributed by atoms with Gasteiger partial charge in [0.25, 0.3) is 5.60 Å². The number of carbonyl (C=O) groups excluding carboxylic acids is 2. The highest BCUT2D eigenvalue weighted by atomic mass is 79.9. The Morgan fingerprint density at radius 1 is 1.36 bits per heavy atom. The van der Waals surface area contributed by atoms with Crippen LogP contribution in [0.3, 0.4) is 0 Å². The second kappa shape index (κ2) is 6.84. The summed E-state index contributed by atoms with van der Waals surface area (Å²) >= 11 is 8.47. The maximum absolute atomic E-state index is 12.9. The fourth-order valence-electron chi connectivity index (χ4n) is 1.47. The Kier molecular flexibility index (Phi) is 5.82. The Labute approximate surface area is 136 Å². The predicted molar refractivity (Wildman–Crippen MR) is 75.4 cm³/mol. The van der Waals surface area contributed by atoms with Gasteiger partial charge < -0.3 is 15.2 Å². The van der Waals surface area contributed by atoms with Gasteiger partial charge in [-0.2, -0.15) is 13.2 Å². The molecule has 1 amide bonds. The normalized spacial score (nSPS) is 15.6. The minimum Gasteiger partial charge on any atom is -0.467 e. The molecule has 0 saturated carbocycles. The van der Waals surface area contributed by atoms with Gasteiger partial charge >= 0.3 is 12.1 Å². The summed E-state index contributed by atoms with van der Waals surface area (Å²) in [5.74, 6) is -3.50. The van der Waals surface area contributed by atoms with Crippen LogP contribution in [-0.4, -0.2) is 41.2 Å². The summed E-state index contributed by atoms with van der Waals surface area (Å²) in [6, 6.07) is 6.03. The van der Waals surface area contributed by atoms with Crippen molar-refractivity contribution in [2.24, 2.45) is 0 Å². The third-order valence-electron chi connectivity index (χ3n) is 2.66. The highest BCUT2D eigenvalue weighted by Gasteiger charge is 2.67. The number of halogens is 5. The van der Waals surface area contributed by atoms with Crippen molar-refractivity contribution in [3.8, 4) is 0 Å². The summed E-state index contributed by atoms with van der Waals surface area (Å²) < 4.78 is 43.1. The van der Waals surface area contributed by atoms with Crippen molar-refractivity contribution in [1.82, 2.24) is 0 Å². The fraction of sp³-hybridized carbons (Fsp3) is 0.333. The van der Waals surface area contributed by atoms with Crippen LogP contribution in [0, 0.1) is 0 Å². The lowest BCUT2D eigenvalue weighted by molar-refractivity contribution is -0.260. The molecule has 5 nitrogen and oxygen atoms in total. The molecule has 10 heteroatoms. The van der Waals surface area contributed by atoms with E-state index in [1.807, 2.05) is 0 Å². The van der Waals surface area contributed by atoms with E-state index < -0.39 is 29.0 Å². The molecule has 1 aromatic rings. The van der Waals surface area contributed by atoms with Crippen LogP contribution in [-0.2, 0) is 14.3 Å². The van der Waals surface area contributed by atoms with Crippen molar-refractivity contribution in [2.45, 2.75) is 17.2 Å².